The minimum absolute atomic E-state index is 0.0800. The van der Waals surface area contributed by atoms with Crippen LogP contribution in [0.1, 0.15) is 44.7 Å². The first-order valence-electron chi connectivity index (χ1n) is 7.98. The SMILES string of the molecule is CCCCN1C(=O)CC(N)C1c1ccc(OCC)c(OC)c1. The molecule has 0 aromatic heterocycles. The number of ether oxygens (including phenoxy) is 2. The molecule has 0 aliphatic carbocycles. The lowest BCUT2D eigenvalue weighted by Crippen LogP contribution is -2.33. The van der Waals surface area contributed by atoms with Gasteiger partial charge in [0, 0.05) is 19.0 Å². The molecule has 2 rings (SSSR count). The van der Waals surface area contributed by atoms with Crippen LogP contribution in [0.4, 0.5) is 0 Å². The van der Waals surface area contributed by atoms with Gasteiger partial charge in [0.1, 0.15) is 0 Å². The van der Waals surface area contributed by atoms with Crippen molar-refractivity contribution in [3.63, 3.8) is 0 Å². The third-order valence-electron chi connectivity index (χ3n) is 4.05. The standard InChI is InChI=1S/C17H26N2O3/c1-4-6-9-19-16(20)11-13(18)17(19)12-7-8-14(22-5-2)15(10-12)21-3/h7-8,10,13,17H,4-6,9,11,18H2,1-3H3. The number of nitrogens with two attached hydrogens (primary N) is 1. The molecular formula is C17H26N2O3. The first-order valence-corrected chi connectivity index (χ1v) is 7.98. The molecule has 2 N–H and O–H groups in total. The van der Waals surface area contributed by atoms with Crippen LogP contribution < -0.4 is 15.2 Å². The maximum atomic E-state index is 12.2. The first kappa shape index (κ1) is 16.6. The van der Waals surface area contributed by atoms with E-state index in [1.165, 1.54) is 0 Å². The number of unbranched alkanes of at least 4 members (excludes halogenated alkanes) is 1. The van der Waals surface area contributed by atoms with E-state index in [9.17, 15) is 4.79 Å². The number of carbonyl (C=O) groups excluding carboxylic acids is 1. The largest absolute Gasteiger partial charge is 0.493 e. The molecule has 22 heavy (non-hydrogen) atoms. The topological polar surface area (TPSA) is 64.8 Å². The van der Waals surface area contributed by atoms with E-state index in [0.717, 1.165) is 24.9 Å². The molecule has 2 atom stereocenters. The number of hydrogen-bond acceptors (Lipinski definition) is 4. The summed E-state index contributed by atoms with van der Waals surface area (Å²) in [5.74, 6) is 1.53. The van der Waals surface area contributed by atoms with Gasteiger partial charge < -0.3 is 20.1 Å². The summed E-state index contributed by atoms with van der Waals surface area (Å²) in [6, 6.07) is 5.56. The Hall–Kier alpha value is -1.75. The van der Waals surface area contributed by atoms with E-state index < -0.39 is 0 Å². The van der Waals surface area contributed by atoms with Crippen LogP contribution in [0.2, 0.25) is 0 Å². The van der Waals surface area contributed by atoms with Gasteiger partial charge in [-0.3, -0.25) is 4.79 Å². The number of hydrogen-bond donors (Lipinski definition) is 1. The predicted octanol–water partition coefficient (Wildman–Crippen LogP) is 2.49. The summed E-state index contributed by atoms with van der Waals surface area (Å²) in [6.45, 7) is 5.39. The summed E-state index contributed by atoms with van der Waals surface area (Å²) < 4.78 is 11.0. The summed E-state index contributed by atoms with van der Waals surface area (Å²) in [6.07, 6.45) is 2.45. The predicted molar refractivity (Wildman–Crippen MR) is 86.1 cm³/mol. The molecule has 0 bridgehead atoms. The van der Waals surface area contributed by atoms with Crippen molar-refractivity contribution in [1.82, 2.24) is 4.90 Å². The zero-order chi connectivity index (χ0) is 16.1. The molecule has 0 radical (unpaired) electrons. The molecule has 1 saturated heterocycles. The fraction of sp³-hybridized carbons (Fsp3) is 0.588. The zero-order valence-electron chi connectivity index (χ0n) is 13.7. The van der Waals surface area contributed by atoms with Crippen LogP contribution in [-0.2, 0) is 4.79 Å². The number of benzene rings is 1. The zero-order valence-corrected chi connectivity index (χ0v) is 13.7. The van der Waals surface area contributed by atoms with E-state index in [-0.39, 0.29) is 18.0 Å². The van der Waals surface area contributed by atoms with Gasteiger partial charge in [0.2, 0.25) is 5.91 Å². The van der Waals surface area contributed by atoms with Crippen LogP contribution >= 0.6 is 0 Å². The molecule has 1 aromatic carbocycles. The van der Waals surface area contributed by atoms with Crippen molar-refractivity contribution in [2.75, 3.05) is 20.3 Å². The van der Waals surface area contributed by atoms with Gasteiger partial charge in [0.05, 0.1) is 19.8 Å². The van der Waals surface area contributed by atoms with Crippen molar-refractivity contribution in [2.24, 2.45) is 5.73 Å². The molecule has 5 heteroatoms. The highest BCUT2D eigenvalue weighted by atomic mass is 16.5. The normalized spacial score (nSPS) is 21.3. The van der Waals surface area contributed by atoms with E-state index in [1.54, 1.807) is 7.11 Å². The maximum absolute atomic E-state index is 12.2. The summed E-state index contributed by atoms with van der Waals surface area (Å²) in [5.41, 5.74) is 7.23. The molecule has 1 aromatic rings. The number of rotatable bonds is 7. The lowest BCUT2D eigenvalue weighted by Gasteiger charge is -2.27. The molecule has 1 heterocycles. The fourth-order valence-electron chi connectivity index (χ4n) is 2.98. The maximum Gasteiger partial charge on any atom is 0.224 e. The van der Waals surface area contributed by atoms with E-state index in [2.05, 4.69) is 6.92 Å². The van der Waals surface area contributed by atoms with Crippen molar-refractivity contribution in [3.8, 4) is 11.5 Å². The van der Waals surface area contributed by atoms with Crippen LogP contribution in [0.5, 0.6) is 11.5 Å². The Balaban J connectivity index is 2.29. The Labute approximate surface area is 132 Å². The average molecular weight is 306 g/mol. The van der Waals surface area contributed by atoms with E-state index >= 15 is 0 Å². The highest BCUT2D eigenvalue weighted by Crippen LogP contribution is 2.37. The van der Waals surface area contributed by atoms with Gasteiger partial charge in [0.15, 0.2) is 11.5 Å². The number of amides is 1. The Morgan fingerprint density at radius 2 is 2.09 bits per heavy atom. The van der Waals surface area contributed by atoms with Gasteiger partial charge in [-0.05, 0) is 31.0 Å². The van der Waals surface area contributed by atoms with Gasteiger partial charge in [-0.15, -0.1) is 0 Å². The highest BCUT2D eigenvalue weighted by molar-refractivity contribution is 5.80. The molecular weight excluding hydrogens is 280 g/mol. The summed E-state index contributed by atoms with van der Waals surface area (Å²) in [4.78, 5) is 14.1. The van der Waals surface area contributed by atoms with Gasteiger partial charge in [0.25, 0.3) is 0 Å². The molecule has 1 aliphatic rings. The van der Waals surface area contributed by atoms with Gasteiger partial charge in [-0.1, -0.05) is 19.4 Å². The number of carbonyl (C=O) groups is 1. The molecule has 122 valence electrons. The van der Waals surface area contributed by atoms with Crippen LogP contribution in [0, 0.1) is 0 Å². The van der Waals surface area contributed by atoms with Crippen molar-refractivity contribution in [1.29, 1.82) is 0 Å². The molecule has 2 unspecified atom stereocenters. The second-order valence-corrected chi connectivity index (χ2v) is 5.60. The molecule has 1 amide bonds. The summed E-state index contributed by atoms with van der Waals surface area (Å²) >= 11 is 0. The van der Waals surface area contributed by atoms with Gasteiger partial charge in [-0.2, -0.15) is 0 Å². The third-order valence-corrected chi connectivity index (χ3v) is 4.05. The molecule has 5 nitrogen and oxygen atoms in total. The number of methoxy groups -OCH3 is 1. The monoisotopic (exact) mass is 306 g/mol. The van der Waals surface area contributed by atoms with E-state index in [1.807, 2.05) is 30.0 Å². The first-order chi connectivity index (χ1) is 10.6. The summed E-state index contributed by atoms with van der Waals surface area (Å²) in [7, 11) is 1.62. The Kier molecular flexibility index (Phi) is 5.66. The van der Waals surface area contributed by atoms with E-state index in [4.69, 9.17) is 15.2 Å². The molecule has 0 spiro atoms. The molecule has 1 aliphatic heterocycles. The fourth-order valence-corrected chi connectivity index (χ4v) is 2.98. The van der Waals surface area contributed by atoms with Crippen molar-refractivity contribution in [2.45, 2.75) is 45.2 Å². The van der Waals surface area contributed by atoms with Crippen LogP contribution in [-0.4, -0.2) is 37.1 Å². The van der Waals surface area contributed by atoms with E-state index in [0.29, 0.717) is 24.5 Å². The smallest absolute Gasteiger partial charge is 0.224 e. The van der Waals surface area contributed by atoms with Gasteiger partial charge >= 0.3 is 0 Å². The quantitative estimate of drug-likeness (QED) is 0.840. The van der Waals surface area contributed by atoms with Crippen LogP contribution in [0.3, 0.4) is 0 Å². The second kappa shape index (κ2) is 7.49. The number of likely N-dealkylation sites (tertiary alicyclic amines) is 1. The number of nitrogens with zero attached hydrogens (tertiary/aromatic N) is 1. The second-order valence-electron chi connectivity index (χ2n) is 5.60. The molecule has 1 fully saturated rings. The Morgan fingerprint density at radius 1 is 1.32 bits per heavy atom. The summed E-state index contributed by atoms with van der Waals surface area (Å²) in [5, 5.41) is 0. The Morgan fingerprint density at radius 3 is 2.73 bits per heavy atom. The van der Waals surface area contributed by atoms with Crippen molar-refractivity contribution >= 4 is 5.91 Å². The molecule has 0 saturated carbocycles. The van der Waals surface area contributed by atoms with Crippen LogP contribution in [0.25, 0.3) is 0 Å². The van der Waals surface area contributed by atoms with Crippen molar-refractivity contribution in [3.05, 3.63) is 23.8 Å². The lowest BCUT2D eigenvalue weighted by molar-refractivity contribution is -0.129. The van der Waals surface area contributed by atoms with Crippen LogP contribution in [0.15, 0.2) is 18.2 Å². The highest BCUT2D eigenvalue weighted by Gasteiger charge is 2.38. The third kappa shape index (κ3) is 3.35. The lowest BCUT2D eigenvalue weighted by atomic mass is 10.00. The average Bonchev–Trinajstić information content (AvgIpc) is 2.79. The minimum atomic E-state index is -0.174. The Bertz CT molecular complexity index is 519. The van der Waals surface area contributed by atoms with Gasteiger partial charge in [-0.25, -0.2) is 0 Å². The minimum Gasteiger partial charge on any atom is -0.493 e. The van der Waals surface area contributed by atoms with Crippen molar-refractivity contribution < 1.29 is 14.3 Å².